The lowest BCUT2D eigenvalue weighted by Crippen LogP contribution is -2.40. The van der Waals surface area contributed by atoms with Crippen LogP contribution in [0, 0.1) is 17.0 Å². The molecule has 238 valence electrons. The fraction of sp³-hybridized carbons (Fsp3) is 0.294. The third kappa shape index (κ3) is 6.97. The van der Waals surface area contributed by atoms with Crippen molar-refractivity contribution in [3.63, 3.8) is 0 Å². The highest BCUT2D eigenvalue weighted by atomic mass is 16.6. The largest absolute Gasteiger partial charge is 0.378 e. The van der Waals surface area contributed by atoms with Gasteiger partial charge in [0.25, 0.3) is 23.1 Å². The van der Waals surface area contributed by atoms with Gasteiger partial charge in [-0.05, 0) is 55.2 Å². The van der Waals surface area contributed by atoms with Crippen molar-refractivity contribution in [2.45, 2.75) is 33.1 Å². The van der Waals surface area contributed by atoms with Gasteiger partial charge in [0.2, 0.25) is 0 Å². The predicted molar refractivity (Wildman–Crippen MR) is 176 cm³/mol. The summed E-state index contributed by atoms with van der Waals surface area (Å²) in [5.41, 5.74) is 3.46. The molecule has 2 N–H and O–H groups in total. The number of nitro groups is 1. The molecule has 0 aliphatic carbocycles. The highest BCUT2D eigenvalue weighted by Crippen LogP contribution is 2.30. The first kappa shape index (κ1) is 32.0. The molecule has 0 saturated carbocycles. The average Bonchev–Trinajstić information content (AvgIpc) is 3.06. The molecule has 2 amide bonds. The van der Waals surface area contributed by atoms with Crippen LogP contribution in [-0.4, -0.2) is 57.5 Å². The van der Waals surface area contributed by atoms with Crippen LogP contribution in [0.15, 0.2) is 71.7 Å². The second kappa shape index (κ2) is 14.2. The standard InChI is InChI=1S/C34H36N6O6/c1-4-5-9-23-10-6-7-11-26(23)32(41)37-28-13-8-12-25(22(28)2)29-21-38(3)34(43)31(36-29)35-24-14-15-27(30(20-24)40(44)45)33(42)39-16-18-46-19-17-39/h6-8,10-15,20-21H,4-5,9,16-19H2,1-3H3,(H,35,36)(H,37,41). The third-order valence-corrected chi connectivity index (χ3v) is 7.98. The van der Waals surface area contributed by atoms with Crippen LogP contribution in [-0.2, 0) is 18.2 Å². The van der Waals surface area contributed by atoms with E-state index < -0.39 is 16.4 Å². The third-order valence-electron chi connectivity index (χ3n) is 7.98. The van der Waals surface area contributed by atoms with Gasteiger partial charge in [0.1, 0.15) is 5.56 Å². The molecular weight excluding hydrogens is 588 g/mol. The van der Waals surface area contributed by atoms with E-state index in [2.05, 4.69) is 22.5 Å². The van der Waals surface area contributed by atoms with Crippen LogP contribution in [0.25, 0.3) is 11.3 Å². The van der Waals surface area contributed by atoms with E-state index in [1.165, 1.54) is 27.7 Å². The van der Waals surface area contributed by atoms with E-state index in [0.29, 0.717) is 48.8 Å². The molecule has 46 heavy (non-hydrogen) atoms. The molecule has 4 aromatic rings. The lowest BCUT2D eigenvalue weighted by molar-refractivity contribution is -0.385. The summed E-state index contributed by atoms with van der Waals surface area (Å²) in [6.07, 6.45) is 4.41. The Bertz CT molecular complexity index is 1850. The molecule has 1 aliphatic heterocycles. The van der Waals surface area contributed by atoms with Crippen LogP contribution in [0.4, 0.5) is 22.9 Å². The van der Waals surface area contributed by atoms with Crippen molar-refractivity contribution in [2.75, 3.05) is 36.9 Å². The average molecular weight is 625 g/mol. The SMILES string of the molecule is CCCCc1ccccc1C(=O)Nc1cccc(-c2cn(C)c(=O)c(Nc3ccc(C(=O)N4CCOCC4)c([N+](=O)[O-])c3)n2)c1C. The molecular formula is C34H36N6O6. The Morgan fingerprint density at radius 3 is 2.54 bits per heavy atom. The van der Waals surface area contributed by atoms with E-state index in [4.69, 9.17) is 4.74 Å². The summed E-state index contributed by atoms with van der Waals surface area (Å²) in [4.78, 5) is 56.9. The zero-order valence-corrected chi connectivity index (χ0v) is 26.0. The number of hydrogen-bond donors (Lipinski definition) is 2. The van der Waals surface area contributed by atoms with E-state index in [9.17, 15) is 24.5 Å². The van der Waals surface area contributed by atoms with Crippen molar-refractivity contribution in [2.24, 2.45) is 7.05 Å². The van der Waals surface area contributed by atoms with Gasteiger partial charge >= 0.3 is 0 Å². The minimum Gasteiger partial charge on any atom is -0.378 e. The van der Waals surface area contributed by atoms with E-state index in [-0.39, 0.29) is 28.7 Å². The highest BCUT2D eigenvalue weighted by molar-refractivity contribution is 6.06. The Labute approximate surface area is 266 Å². The number of anilines is 3. The van der Waals surface area contributed by atoms with Gasteiger partial charge in [-0.25, -0.2) is 4.98 Å². The van der Waals surface area contributed by atoms with Crippen molar-refractivity contribution in [1.29, 1.82) is 0 Å². The molecule has 2 heterocycles. The molecule has 0 radical (unpaired) electrons. The van der Waals surface area contributed by atoms with Crippen LogP contribution in [0.1, 0.15) is 51.6 Å². The minimum atomic E-state index is -0.619. The van der Waals surface area contributed by atoms with Crippen molar-refractivity contribution >= 4 is 34.7 Å². The molecule has 0 spiro atoms. The normalized spacial score (nSPS) is 12.9. The summed E-state index contributed by atoms with van der Waals surface area (Å²) < 4.78 is 6.65. The van der Waals surface area contributed by atoms with Gasteiger partial charge in [-0.2, -0.15) is 0 Å². The van der Waals surface area contributed by atoms with Gasteiger partial charge in [-0.3, -0.25) is 24.5 Å². The predicted octanol–water partition coefficient (Wildman–Crippen LogP) is 5.47. The van der Waals surface area contributed by atoms with Crippen molar-refractivity contribution < 1.29 is 19.2 Å². The zero-order chi connectivity index (χ0) is 32.8. The number of aryl methyl sites for hydroxylation is 2. The molecule has 0 unspecified atom stereocenters. The maximum absolute atomic E-state index is 13.3. The van der Waals surface area contributed by atoms with Crippen molar-refractivity contribution in [3.8, 4) is 11.3 Å². The number of aromatic nitrogens is 2. The number of nitro benzene ring substituents is 1. The van der Waals surface area contributed by atoms with E-state index in [1.807, 2.05) is 43.3 Å². The van der Waals surface area contributed by atoms with E-state index in [1.54, 1.807) is 19.3 Å². The number of rotatable bonds is 10. The summed E-state index contributed by atoms with van der Waals surface area (Å²) in [6.45, 7) is 5.40. The van der Waals surface area contributed by atoms with Crippen LogP contribution in [0.2, 0.25) is 0 Å². The number of ether oxygens (including phenoxy) is 1. The maximum Gasteiger partial charge on any atom is 0.293 e. The van der Waals surface area contributed by atoms with E-state index >= 15 is 0 Å². The minimum absolute atomic E-state index is 0.0467. The first-order chi connectivity index (χ1) is 22.2. The number of nitrogens with zero attached hydrogens (tertiary/aromatic N) is 4. The van der Waals surface area contributed by atoms with Gasteiger partial charge in [0, 0.05) is 54.9 Å². The van der Waals surface area contributed by atoms with Crippen LogP contribution in [0.3, 0.4) is 0 Å². The number of unbranched alkanes of at least 4 members (excludes halogenated alkanes) is 1. The number of amides is 2. The molecule has 0 bridgehead atoms. The Kier molecular flexibility index (Phi) is 9.87. The lowest BCUT2D eigenvalue weighted by atomic mass is 10.0. The van der Waals surface area contributed by atoms with Crippen LogP contribution < -0.4 is 16.2 Å². The summed E-state index contributed by atoms with van der Waals surface area (Å²) in [5, 5.41) is 17.9. The maximum atomic E-state index is 13.3. The summed E-state index contributed by atoms with van der Waals surface area (Å²) in [7, 11) is 1.58. The fourth-order valence-corrected chi connectivity index (χ4v) is 5.40. The topological polar surface area (TPSA) is 149 Å². The quantitative estimate of drug-likeness (QED) is 0.174. The first-order valence-corrected chi connectivity index (χ1v) is 15.2. The summed E-state index contributed by atoms with van der Waals surface area (Å²) >= 11 is 0. The molecule has 1 aromatic heterocycles. The zero-order valence-electron chi connectivity index (χ0n) is 26.0. The molecule has 12 heteroatoms. The van der Waals surface area contributed by atoms with Gasteiger partial charge < -0.3 is 24.8 Å². The molecule has 0 atom stereocenters. The smallest absolute Gasteiger partial charge is 0.293 e. The fourth-order valence-electron chi connectivity index (χ4n) is 5.40. The van der Waals surface area contributed by atoms with E-state index in [0.717, 1.165) is 30.4 Å². The molecule has 1 fully saturated rings. The highest BCUT2D eigenvalue weighted by Gasteiger charge is 2.27. The Balaban J connectivity index is 1.43. The lowest BCUT2D eigenvalue weighted by Gasteiger charge is -2.26. The summed E-state index contributed by atoms with van der Waals surface area (Å²) in [6, 6.07) is 17.1. The van der Waals surface area contributed by atoms with Gasteiger partial charge in [-0.15, -0.1) is 0 Å². The summed E-state index contributed by atoms with van der Waals surface area (Å²) in [5.74, 6) is -0.718. The van der Waals surface area contributed by atoms with Crippen molar-refractivity contribution in [1.82, 2.24) is 14.5 Å². The monoisotopic (exact) mass is 624 g/mol. The molecule has 3 aromatic carbocycles. The van der Waals surface area contributed by atoms with Crippen LogP contribution >= 0.6 is 0 Å². The Morgan fingerprint density at radius 1 is 1.04 bits per heavy atom. The number of nitrogens with one attached hydrogen (secondary N) is 2. The number of benzene rings is 3. The number of hydrogen-bond acceptors (Lipinski definition) is 8. The number of morpholine rings is 1. The second-order valence-corrected chi connectivity index (χ2v) is 11.1. The Morgan fingerprint density at radius 2 is 1.80 bits per heavy atom. The molecule has 5 rings (SSSR count). The molecule has 1 aliphatic rings. The van der Waals surface area contributed by atoms with Gasteiger partial charge in [0.05, 0.1) is 23.8 Å². The molecule has 1 saturated heterocycles. The number of carbonyl (C=O) groups excluding carboxylic acids is 2. The van der Waals surface area contributed by atoms with Crippen molar-refractivity contribution in [3.05, 3.63) is 110 Å². The first-order valence-electron chi connectivity index (χ1n) is 15.2. The second-order valence-electron chi connectivity index (χ2n) is 11.1. The van der Waals surface area contributed by atoms with Gasteiger partial charge in [-0.1, -0.05) is 43.7 Å². The number of carbonyl (C=O) groups is 2. The van der Waals surface area contributed by atoms with Crippen LogP contribution in [0.5, 0.6) is 0 Å². The molecule has 12 nitrogen and oxygen atoms in total. The Hall–Kier alpha value is -5.36. The van der Waals surface area contributed by atoms with Gasteiger partial charge in [0.15, 0.2) is 5.82 Å².